The Balaban J connectivity index is 1.15. The van der Waals surface area contributed by atoms with Gasteiger partial charge in [-0.25, -0.2) is 4.79 Å². The third-order valence-electron chi connectivity index (χ3n) is 12.5. The Morgan fingerprint density at radius 1 is 0.625 bits per heavy atom. The van der Waals surface area contributed by atoms with E-state index in [2.05, 4.69) is 0 Å². The second-order valence-corrected chi connectivity index (χ2v) is 16.5. The molecule has 3 aliphatic carbocycles. The van der Waals surface area contributed by atoms with Crippen molar-refractivity contribution in [2.24, 2.45) is 17.8 Å². The molecule has 0 bridgehead atoms. The number of hydrogen-bond donors (Lipinski definition) is 9. The van der Waals surface area contributed by atoms with Crippen LogP contribution in [0.4, 0.5) is 0 Å². The normalized spacial score (nSPS) is 47.5. The number of ether oxygens (including phenoxy) is 7. The van der Waals surface area contributed by atoms with Crippen molar-refractivity contribution in [3.8, 4) is 0 Å². The molecular weight excluding hydrogens is 744 g/mol. The molecule has 6 aliphatic rings. The van der Waals surface area contributed by atoms with Crippen molar-refractivity contribution in [3.05, 3.63) is 12.2 Å². The van der Waals surface area contributed by atoms with Gasteiger partial charge in [0.25, 0.3) is 0 Å². The summed E-state index contributed by atoms with van der Waals surface area (Å²) < 4.78 is 40.0. The zero-order valence-electron chi connectivity index (χ0n) is 31.6. The standard InChI is InChI=1S/C38H60O18/c1-17(39)50-15-27-30(44)32(46)34(48)37(55-27)53-25-13-22(42)12-24-23(25)14-26(36(52-24)19-5-9-21(41)10-6-19)54-38-35(49)33(47)31(45)28(56-38)16-51-29(43)11-4-18-2-7-20(40)8-3-18/h4,11,18-28,30-38,40-42,44-49H,2-3,5-10,12-16H2,1H3/p+1. The van der Waals surface area contributed by atoms with Crippen LogP contribution in [0, 0.1) is 17.8 Å². The van der Waals surface area contributed by atoms with E-state index in [4.69, 9.17) is 33.2 Å². The lowest BCUT2D eigenvalue weighted by atomic mass is 9.73. The van der Waals surface area contributed by atoms with E-state index >= 15 is 0 Å². The smallest absolute Gasteiger partial charge is 0.330 e. The largest absolute Gasteiger partial charge is 0.463 e. The Kier molecular flexibility index (Phi) is 15.2. The number of rotatable bonds is 11. The lowest BCUT2D eigenvalue weighted by Gasteiger charge is -2.50. The fraction of sp³-hybridized carbons (Fsp3) is 0.895. The van der Waals surface area contributed by atoms with Crippen LogP contribution in [0.2, 0.25) is 0 Å². The molecule has 0 aromatic carbocycles. The Bertz CT molecular complexity index is 1300. The first-order valence-electron chi connectivity index (χ1n) is 20.1. The number of aliphatic hydroxyl groups is 11. The summed E-state index contributed by atoms with van der Waals surface area (Å²) >= 11 is 0. The van der Waals surface area contributed by atoms with Gasteiger partial charge in [0.2, 0.25) is 0 Å². The average molecular weight is 806 g/mol. The highest BCUT2D eigenvalue weighted by Gasteiger charge is 2.56. The number of esters is 2. The van der Waals surface area contributed by atoms with E-state index < -0.39 is 129 Å². The lowest BCUT2D eigenvalue weighted by Crippen LogP contribution is -2.64. The molecule has 6 rings (SSSR count). The van der Waals surface area contributed by atoms with E-state index in [0.29, 0.717) is 44.9 Å². The van der Waals surface area contributed by atoms with Crippen LogP contribution in [-0.4, -0.2) is 180 Å². The Labute approximate surface area is 325 Å². The van der Waals surface area contributed by atoms with E-state index in [-0.39, 0.29) is 30.8 Å². The number of carbonyl (C=O) groups excluding carboxylic acids is 2. The molecule has 0 radical (unpaired) electrons. The summed E-state index contributed by atoms with van der Waals surface area (Å²) in [5.74, 6) is -1.69. The molecule has 3 saturated carbocycles. The van der Waals surface area contributed by atoms with Gasteiger partial charge in [-0.05, 0) is 63.7 Å². The van der Waals surface area contributed by atoms with E-state index in [1.165, 1.54) is 13.0 Å². The minimum Gasteiger partial charge on any atom is -0.463 e. The van der Waals surface area contributed by atoms with E-state index in [1.807, 2.05) is 0 Å². The summed E-state index contributed by atoms with van der Waals surface area (Å²) in [7, 11) is 0. The maximum atomic E-state index is 12.6. The predicted octanol–water partition coefficient (Wildman–Crippen LogP) is -2.42. The zero-order valence-corrected chi connectivity index (χ0v) is 31.6. The number of hydrogen-bond acceptors (Lipinski definition) is 17. The van der Waals surface area contributed by atoms with Gasteiger partial charge in [-0.1, -0.05) is 6.08 Å². The minimum absolute atomic E-state index is 0.0443. The van der Waals surface area contributed by atoms with E-state index in [0.717, 1.165) is 12.8 Å². The predicted molar refractivity (Wildman–Crippen MR) is 189 cm³/mol. The molecule has 56 heavy (non-hydrogen) atoms. The molecule has 0 spiro atoms. The quantitative estimate of drug-likeness (QED) is 0.0597. The maximum Gasteiger partial charge on any atom is 0.330 e. The Morgan fingerprint density at radius 2 is 1.16 bits per heavy atom. The van der Waals surface area contributed by atoms with Gasteiger partial charge in [-0.3, -0.25) is 4.79 Å². The fourth-order valence-corrected chi connectivity index (χ4v) is 9.20. The van der Waals surface area contributed by atoms with E-state index in [9.17, 15) is 55.5 Å². The molecule has 6 fully saturated rings. The molecule has 0 aromatic heterocycles. The van der Waals surface area contributed by atoms with Gasteiger partial charge in [-0.15, -0.1) is 0 Å². The summed E-state index contributed by atoms with van der Waals surface area (Å²) in [5, 5.41) is 95.7. The zero-order chi connectivity index (χ0) is 40.3. The summed E-state index contributed by atoms with van der Waals surface area (Å²) in [6, 6.07) is 0. The van der Waals surface area contributed by atoms with Crippen LogP contribution in [0.1, 0.15) is 77.6 Å². The summed E-state index contributed by atoms with van der Waals surface area (Å²) in [6.07, 6.45) is -10.8. The number of allylic oxidation sites excluding steroid dienone is 1. The highest BCUT2D eigenvalue weighted by Crippen LogP contribution is 2.44. The third kappa shape index (κ3) is 10.6. The molecule has 3 saturated heterocycles. The van der Waals surface area contributed by atoms with Gasteiger partial charge in [0.05, 0.1) is 30.3 Å². The highest BCUT2D eigenvalue weighted by atomic mass is 16.7. The van der Waals surface area contributed by atoms with Gasteiger partial charge in [0, 0.05) is 31.8 Å². The SMILES string of the molecule is CC(=O)OCC1OC(OC2CC(O)CC3[OH+]C(C4CCC(O)CC4)C(OC4OC(COC(=O)C=CC5CCC(O)CC5)C(O)C(O)C4O)CC23)C(O)C(O)C1O. The van der Waals surface area contributed by atoms with Crippen LogP contribution in [0.15, 0.2) is 12.2 Å². The Morgan fingerprint density at radius 3 is 1.73 bits per heavy atom. The van der Waals surface area contributed by atoms with Crippen molar-refractivity contribution in [1.29, 1.82) is 0 Å². The number of carbonyl (C=O) groups is 2. The summed E-state index contributed by atoms with van der Waals surface area (Å²) in [5.41, 5.74) is 0. The first-order chi connectivity index (χ1) is 26.7. The molecular formula is C38H61O18+. The molecule has 3 aliphatic heterocycles. The van der Waals surface area contributed by atoms with Gasteiger partial charge < -0.3 is 79.1 Å². The first kappa shape index (κ1) is 43.7. The monoisotopic (exact) mass is 805 g/mol. The highest BCUT2D eigenvalue weighted by molar-refractivity contribution is 5.81. The van der Waals surface area contributed by atoms with Gasteiger partial charge >= 0.3 is 11.9 Å². The van der Waals surface area contributed by atoms with Crippen molar-refractivity contribution >= 4 is 11.9 Å². The fourth-order valence-electron chi connectivity index (χ4n) is 9.20. The van der Waals surface area contributed by atoms with Crippen LogP contribution in [0.25, 0.3) is 0 Å². The van der Waals surface area contributed by atoms with Crippen molar-refractivity contribution < 1.29 is 88.7 Å². The van der Waals surface area contributed by atoms with E-state index in [1.54, 1.807) is 6.08 Å². The molecule has 18 nitrogen and oxygen atoms in total. The third-order valence-corrected chi connectivity index (χ3v) is 12.5. The summed E-state index contributed by atoms with van der Waals surface area (Å²) in [4.78, 5) is 24.0. The van der Waals surface area contributed by atoms with Crippen LogP contribution < -0.4 is 0 Å². The Hall–Kier alpha value is -1.88. The van der Waals surface area contributed by atoms with Gasteiger partial charge in [-0.2, -0.15) is 0 Å². The molecule has 10 N–H and O–H groups in total. The summed E-state index contributed by atoms with van der Waals surface area (Å²) in [6.45, 7) is 0.319. The van der Waals surface area contributed by atoms with Crippen LogP contribution in [0.3, 0.4) is 0 Å². The molecule has 320 valence electrons. The first-order valence-corrected chi connectivity index (χ1v) is 20.1. The second kappa shape index (κ2) is 19.5. The van der Waals surface area contributed by atoms with Crippen molar-refractivity contribution in [3.63, 3.8) is 0 Å². The van der Waals surface area contributed by atoms with Crippen molar-refractivity contribution in [1.82, 2.24) is 0 Å². The van der Waals surface area contributed by atoms with Crippen LogP contribution >= 0.6 is 0 Å². The minimum atomic E-state index is -1.72. The second-order valence-electron chi connectivity index (χ2n) is 16.5. The van der Waals surface area contributed by atoms with Crippen LogP contribution in [0.5, 0.6) is 0 Å². The topological polar surface area (TPSA) is 284 Å². The molecule has 0 aromatic rings. The van der Waals surface area contributed by atoms with Crippen molar-refractivity contribution in [2.75, 3.05) is 13.2 Å². The molecule has 18 heteroatoms. The van der Waals surface area contributed by atoms with Gasteiger partial charge in [0.15, 0.2) is 24.8 Å². The number of aliphatic hydroxyl groups excluding tert-OH is 9. The number of fused-ring (bicyclic) bond motifs is 1. The van der Waals surface area contributed by atoms with Crippen molar-refractivity contribution in [2.45, 2.75) is 182 Å². The lowest BCUT2D eigenvalue weighted by molar-refractivity contribution is -0.366. The molecule has 16 unspecified atom stereocenters. The van der Waals surface area contributed by atoms with Crippen LogP contribution in [-0.2, 0) is 38.0 Å². The molecule has 3 heterocycles. The molecule has 16 atom stereocenters. The molecule has 0 amide bonds. The average Bonchev–Trinajstić information content (AvgIpc) is 3.17. The maximum absolute atomic E-state index is 12.6. The van der Waals surface area contributed by atoms with Gasteiger partial charge in [0.1, 0.15) is 68.1 Å².